The van der Waals surface area contributed by atoms with E-state index in [1.807, 2.05) is 0 Å². The molecule has 0 spiro atoms. The van der Waals surface area contributed by atoms with Crippen LogP contribution >= 0.6 is 0 Å². The van der Waals surface area contributed by atoms with Gasteiger partial charge in [-0.25, -0.2) is 8.42 Å². The van der Waals surface area contributed by atoms with Crippen LogP contribution in [0.25, 0.3) is 0 Å². The number of hydrogen-bond acceptors (Lipinski definition) is 4. The lowest BCUT2D eigenvalue weighted by Gasteiger charge is -2.11. The Balaban J connectivity index is 2.89. The van der Waals surface area contributed by atoms with E-state index in [-0.39, 0.29) is 5.91 Å². The van der Waals surface area contributed by atoms with E-state index in [1.54, 1.807) is 32.0 Å². The molecule has 1 aromatic carbocycles. The van der Waals surface area contributed by atoms with Crippen molar-refractivity contribution in [3.8, 4) is 0 Å². The van der Waals surface area contributed by atoms with Crippen molar-refractivity contribution in [1.29, 1.82) is 0 Å². The predicted octanol–water partition coefficient (Wildman–Crippen LogP) is 0.652. The maximum atomic E-state index is 11.4. The number of anilines is 2. The Bertz CT molecular complexity index is 553. The van der Waals surface area contributed by atoms with Gasteiger partial charge in [-0.15, -0.1) is 0 Å². The van der Waals surface area contributed by atoms with Crippen molar-refractivity contribution in [3.63, 3.8) is 0 Å². The Morgan fingerprint density at radius 1 is 1.39 bits per heavy atom. The van der Waals surface area contributed by atoms with Gasteiger partial charge in [-0.3, -0.25) is 9.52 Å². The summed E-state index contributed by atoms with van der Waals surface area (Å²) in [6.07, 6.45) is 1.08. The highest BCUT2D eigenvalue weighted by Gasteiger charge is 2.09. The molecule has 18 heavy (non-hydrogen) atoms. The Kier molecular flexibility index (Phi) is 4.31. The summed E-state index contributed by atoms with van der Waals surface area (Å²) in [4.78, 5) is 11.4. The molecule has 0 saturated heterocycles. The highest BCUT2D eigenvalue weighted by molar-refractivity contribution is 7.92. The number of nitrogens with one attached hydrogen (secondary N) is 2. The fourth-order valence-corrected chi connectivity index (χ4v) is 1.94. The van der Waals surface area contributed by atoms with Crippen molar-refractivity contribution in [2.24, 2.45) is 5.73 Å². The fraction of sp³-hybridized carbons (Fsp3) is 0.364. The molecule has 0 aliphatic carbocycles. The minimum atomic E-state index is -3.31. The summed E-state index contributed by atoms with van der Waals surface area (Å²) in [5, 5.41) is 2.63. The van der Waals surface area contributed by atoms with Gasteiger partial charge in [0.15, 0.2) is 0 Å². The molecule has 1 atom stereocenters. The zero-order valence-corrected chi connectivity index (χ0v) is 11.3. The fourth-order valence-electron chi connectivity index (χ4n) is 1.31. The van der Waals surface area contributed by atoms with E-state index in [4.69, 9.17) is 5.73 Å². The molecule has 1 rings (SSSR count). The second-order valence-corrected chi connectivity index (χ2v) is 5.93. The Hall–Kier alpha value is -1.60. The Morgan fingerprint density at radius 2 is 2.00 bits per heavy atom. The Morgan fingerprint density at radius 3 is 2.44 bits per heavy atom. The van der Waals surface area contributed by atoms with Gasteiger partial charge in [-0.05, 0) is 37.6 Å². The van der Waals surface area contributed by atoms with Gasteiger partial charge in [-0.1, -0.05) is 0 Å². The molecule has 100 valence electrons. The third kappa shape index (κ3) is 4.34. The predicted molar refractivity (Wildman–Crippen MR) is 71.9 cm³/mol. The molecule has 1 amide bonds. The molecule has 0 aliphatic rings. The number of nitrogens with two attached hydrogens (primary N) is 1. The van der Waals surface area contributed by atoms with Crippen molar-refractivity contribution in [2.75, 3.05) is 16.3 Å². The van der Waals surface area contributed by atoms with Crippen LogP contribution in [0.2, 0.25) is 0 Å². The van der Waals surface area contributed by atoms with E-state index in [2.05, 4.69) is 10.0 Å². The van der Waals surface area contributed by atoms with Gasteiger partial charge in [0, 0.05) is 5.69 Å². The van der Waals surface area contributed by atoms with Gasteiger partial charge in [0.25, 0.3) is 0 Å². The first kappa shape index (κ1) is 14.5. The maximum Gasteiger partial charge on any atom is 0.240 e. The van der Waals surface area contributed by atoms with Crippen LogP contribution in [0.4, 0.5) is 11.4 Å². The zero-order chi connectivity index (χ0) is 13.9. The molecular formula is C11H17N3O3S. The number of amides is 1. The van der Waals surface area contributed by atoms with E-state index < -0.39 is 16.1 Å². The zero-order valence-electron chi connectivity index (χ0n) is 10.5. The van der Waals surface area contributed by atoms with Gasteiger partial charge in [0.2, 0.25) is 15.9 Å². The van der Waals surface area contributed by atoms with Crippen LogP contribution < -0.4 is 15.8 Å². The summed E-state index contributed by atoms with van der Waals surface area (Å²) >= 11 is 0. The number of rotatable bonds is 4. The maximum absolute atomic E-state index is 11.4. The number of hydrogen-bond donors (Lipinski definition) is 3. The molecule has 0 unspecified atom stereocenters. The van der Waals surface area contributed by atoms with Crippen LogP contribution in [-0.2, 0) is 14.8 Å². The number of sulfonamides is 1. The average molecular weight is 271 g/mol. The van der Waals surface area contributed by atoms with E-state index >= 15 is 0 Å². The van der Waals surface area contributed by atoms with Crippen LogP contribution in [-0.4, -0.2) is 26.6 Å². The van der Waals surface area contributed by atoms with E-state index in [0.717, 1.165) is 6.26 Å². The SMILES string of the molecule is Cc1cc(NC(=O)[C@@H](C)N)ccc1NS(C)(=O)=O. The number of carbonyl (C=O) groups is 1. The molecule has 0 bridgehead atoms. The van der Waals surface area contributed by atoms with Crippen molar-refractivity contribution in [3.05, 3.63) is 23.8 Å². The summed E-state index contributed by atoms with van der Waals surface area (Å²) in [5.41, 5.74) is 7.20. The van der Waals surface area contributed by atoms with Crippen LogP contribution in [0.5, 0.6) is 0 Å². The van der Waals surface area contributed by atoms with Crippen LogP contribution in [0, 0.1) is 6.92 Å². The third-order valence-corrected chi connectivity index (χ3v) is 2.79. The molecule has 0 saturated carbocycles. The highest BCUT2D eigenvalue weighted by Crippen LogP contribution is 2.20. The normalized spacial score (nSPS) is 12.9. The van der Waals surface area contributed by atoms with Crippen LogP contribution in [0.15, 0.2) is 18.2 Å². The van der Waals surface area contributed by atoms with Crippen molar-refractivity contribution >= 4 is 27.3 Å². The van der Waals surface area contributed by atoms with Gasteiger partial charge in [0.05, 0.1) is 18.0 Å². The van der Waals surface area contributed by atoms with Gasteiger partial charge < -0.3 is 11.1 Å². The number of carbonyl (C=O) groups excluding carboxylic acids is 1. The molecule has 4 N–H and O–H groups in total. The number of benzene rings is 1. The lowest BCUT2D eigenvalue weighted by Crippen LogP contribution is -2.32. The highest BCUT2D eigenvalue weighted by atomic mass is 32.2. The lowest BCUT2D eigenvalue weighted by atomic mass is 10.2. The van der Waals surface area contributed by atoms with Gasteiger partial charge in [0.1, 0.15) is 0 Å². The largest absolute Gasteiger partial charge is 0.325 e. The molecule has 0 aromatic heterocycles. The first-order valence-electron chi connectivity index (χ1n) is 5.34. The topological polar surface area (TPSA) is 101 Å². The molecule has 1 aromatic rings. The second-order valence-electron chi connectivity index (χ2n) is 4.18. The van der Waals surface area contributed by atoms with Gasteiger partial charge >= 0.3 is 0 Å². The van der Waals surface area contributed by atoms with Crippen LogP contribution in [0.3, 0.4) is 0 Å². The average Bonchev–Trinajstić information content (AvgIpc) is 2.20. The summed E-state index contributed by atoms with van der Waals surface area (Å²) in [6.45, 7) is 3.33. The summed E-state index contributed by atoms with van der Waals surface area (Å²) in [6, 6.07) is 4.28. The van der Waals surface area contributed by atoms with Crippen LogP contribution in [0.1, 0.15) is 12.5 Å². The molecule has 6 nitrogen and oxygen atoms in total. The summed E-state index contributed by atoms with van der Waals surface area (Å²) in [7, 11) is -3.31. The molecule has 7 heteroatoms. The molecule has 0 fully saturated rings. The first-order valence-corrected chi connectivity index (χ1v) is 7.23. The van der Waals surface area contributed by atoms with E-state index in [1.165, 1.54) is 0 Å². The summed E-state index contributed by atoms with van der Waals surface area (Å²) in [5.74, 6) is -0.293. The number of aryl methyl sites for hydroxylation is 1. The van der Waals surface area contributed by atoms with E-state index in [0.29, 0.717) is 16.9 Å². The Labute approximate surface area is 107 Å². The molecule has 0 radical (unpaired) electrons. The quantitative estimate of drug-likeness (QED) is 0.748. The minimum Gasteiger partial charge on any atom is -0.325 e. The third-order valence-electron chi connectivity index (χ3n) is 2.20. The second kappa shape index (κ2) is 5.36. The van der Waals surface area contributed by atoms with E-state index in [9.17, 15) is 13.2 Å². The monoisotopic (exact) mass is 271 g/mol. The van der Waals surface area contributed by atoms with Gasteiger partial charge in [-0.2, -0.15) is 0 Å². The van der Waals surface area contributed by atoms with Crippen molar-refractivity contribution < 1.29 is 13.2 Å². The van der Waals surface area contributed by atoms with Crippen molar-refractivity contribution in [2.45, 2.75) is 19.9 Å². The lowest BCUT2D eigenvalue weighted by molar-refractivity contribution is -0.117. The standard InChI is InChI=1S/C11H17N3O3S/c1-7-6-9(13-11(15)8(2)12)4-5-10(7)14-18(3,16)17/h4-6,8,14H,12H2,1-3H3,(H,13,15)/t8-/m1/s1. The molecule has 0 heterocycles. The molecule has 0 aliphatic heterocycles. The first-order chi connectivity index (χ1) is 8.19. The summed E-state index contributed by atoms with van der Waals surface area (Å²) < 4.78 is 24.6. The molecular weight excluding hydrogens is 254 g/mol. The minimum absolute atomic E-state index is 0.293. The smallest absolute Gasteiger partial charge is 0.240 e. The van der Waals surface area contributed by atoms with Crippen molar-refractivity contribution in [1.82, 2.24) is 0 Å².